The molecule has 1 aromatic carbocycles. The van der Waals surface area contributed by atoms with Crippen molar-refractivity contribution < 1.29 is 9.90 Å². The summed E-state index contributed by atoms with van der Waals surface area (Å²) in [7, 11) is 0. The number of nitrogens with zero attached hydrogens (tertiary/aromatic N) is 2. The molecule has 0 unspecified atom stereocenters. The molecule has 0 bridgehead atoms. The fourth-order valence-corrected chi connectivity index (χ4v) is 1.60. The number of aryl methyl sites for hydroxylation is 2. The predicted octanol–water partition coefficient (Wildman–Crippen LogP) is 2.17. The topological polar surface area (TPSA) is 74.6 Å². The number of nitrogens with one attached hydrogen (secondary N) is 1. The smallest absolute Gasteiger partial charge is 0.272 e. The number of phenolic OH excluding ortho intramolecular Hbond substituents is 1. The number of hydrogen-bond donors (Lipinski definition) is 2. The van der Waals surface area contributed by atoms with Gasteiger partial charge in [0, 0.05) is 17.5 Å². The first-order valence-corrected chi connectivity index (χ1v) is 6.12. The Morgan fingerprint density at radius 3 is 2.80 bits per heavy atom. The van der Waals surface area contributed by atoms with E-state index in [9.17, 15) is 9.90 Å². The first kappa shape index (κ1) is 13.7. The summed E-state index contributed by atoms with van der Waals surface area (Å²) in [4.78, 5) is 15.8. The largest absolute Gasteiger partial charge is 0.507 e. The van der Waals surface area contributed by atoms with Crippen molar-refractivity contribution in [2.45, 2.75) is 13.8 Å². The van der Waals surface area contributed by atoms with Gasteiger partial charge in [-0.1, -0.05) is 11.6 Å². The third-order valence-corrected chi connectivity index (χ3v) is 2.73. The lowest BCUT2D eigenvalue weighted by Gasteiger charge is -2.01. The highest BCUT2D eigenvalue weighted by atomic mass is 16.3. The highest BCUT2D eigenvalue weighted by Crippen LogP contribution is 2.15. The third kappa shape index (κ3) is 3.41. The number of hydrazone groups is 1. The van der Waals surface area contributed by atoms with Gasteiger partial charge in [-0.05, 0) is 38.1 Å². The molecule has 0 fully saturated rings. The number of hydrogen-bond acceptors (Lipinski definition) is 4. The summed E-state index contributed by atoms with van der Waals surface area (Å²) in [5, 5.41) is 13.5. The van der Waals surface area contributed by atoms with Crippen LogP contribution in [0, 0.1) is 13.8 Å². The van der Waals surface area contributed by atoms with Crippen LogP contribution in [0.1, 0.15) is 27.2 Å². The maximum atomic E-state index is 11.8. The second-order valence-electron chi connectivity index (χ2n) is 4.45. The summed E-state index contributed by atoms with van der Waals surface area (Å²) in [5.74, 6) is -0.230. The van der Waals surface area contributed by atoms with E-state index in [1.165, 1.54) is 12.4 Å². The first-order valence-electron chi connectivity index (χ1n) is 6.12. The molecule has 2 N–H and O–H groups in total. The van der Waals surface area contributed by atoms with Crippen molar-refractivity contribution in [2.75, 3.05) is 0 Å². The molecule has 0 aliphatic rings. The zero-order chi connectivity index (χ0) is 14.5. The molecule has 20 heavy (non-hydrogen) atoms. The van der Waals surface area contributed by atoms with E-state index in [0.29, 0.717) is 11.1 Å². The second-order valence-corrected chi connectivity index (χ2v) is 4.45. The Bertz CT molecular complexity index is 649. The Balaban J connectivity index is 2.04. The molecule has 2 aromatic rings. The zero-order valence-electron chi connectivity index (χ0n) is 11.3. The first-order chi connectivity index (χ1) is 9.56. The van der Waals surface area contributed by atoms with Crippen LogP contribution in [0.15, 0.2) is 41.6 Å². The van der Waals surface area contributed by atoms with Gasteiger partial charge >= 0.3 is 0 Å². The Morgan fingerprint density at radius 1 is 1.30 bits per heavy atom. The van der Waals surface area contributed by atoms with Gasteiger partial charge in [-0.25, -0.2) is 5.43 Å². The molecule has 5 nitrogen and oxygen atoms in total. The van der Waals surface area contributed by atoms with Crippen LogP contribution in [0.4, 0.5) is 0 Å². The number of phenols is 1. The molecule has 0 saturated carbocycles. The molecule has 1 heterocycles. The zero-order valence-corrected chi connectivity index (χ0v) is 11.3. The van der Waals surface area contributed by atoms with Gasteiger partial charge in [0.15, 0.2) is 0 Å². The van der Waals surface area contributed by atoms with Crippen molar-refractivity contribution in [3.05, 3.63) is 58.9 Å². The minimum atomic E-state index is -0.346. The van der Waals surface area contributed by atoms with E-state index < -0.39 is 0 Å². The van der Waals surface area contributed by atoms with Gasteiger partial charge < -0.3 is 5.11 Å². The van der Waals surface area contributed by atoms with Crippen LogP contribution in [0.3, 0.4) is 0 Å². The maximum absolute atomic E-state index is 11.8. The average molecular weight is 269 g/mol. The summed E-state index contributed by atoms with van der Waals surface area (Å²) in [6, 6.07) is 8.59. The Morgan fingerprint density at radius 2 is 2.10 bits per heavy atom. The number of pyridine rings is 1. The molecule has 0 aliphatic carbocycles. The van der Waals surface area contributed by atoms with Crippen molar-refractivity contribution in [3.8, 4) is 5.75 Å². The molecular weight excluding hydrogens is 254 g/mol. The Hall–Kier alpha value is -2.69. The number of aromatic hydroxyl groups is 1. The van der Waals surface area contributed by atoms with E-state index in [1.807, 2.05) is 13.8 Å². The fourth-order valence-electron chi connectivity index (χ4n) is 1.60. The van der Waals surface area contributed by atoms with E-state index in [4.69, 9.17) is 0 Å². The SMILES string of the molecule is Cc1ccc(O)c(/C=N/NC(=O)c2ccc(C)nc2)c1. The van der Waals surface area contributed by atoms with Crippen molar-refractivity contribution in [1.82, 2.24) is 10.4 Å². The van der Waals surface area contributed by atoms with Gasteiger partial charge in [0.2, 0.25) is 0 Å². The van der Waals surface area contributed by atoms with Gasteiger partial charge in [0.1, 0.15) is 5.75 Å². The number of benzene rings is 1. The van der Waals surface area contributed by atoms with Crippen LogP contribution in [0.5, 0.6) is 5.75 Å². The van der Waals surface area contributed by atoms with Gasteiger partial charge in [-0.3, -0.25) is 9.78 Å². The van der Waals surface area contributed by atoms with Crippen LogP contribution in [-0.2, 0) is 0 Å². The molecule has 1 amide bonds. The Labute approximate surface area is 117 Å². The van der Waals surface area contributed by atoms with Gasteiger partial charge in [0.25, 0.3) is 5.91 Å². The highest BCUT2D eigenvalue weighted by Gasteiger charge is 2.04. The van der Waals surface area contributed by atoms with Crippen LogP contribution in [0.25, 0.3) is 0 Å². The lowest BCUT2D eigenvalue weighted by atomic mass is 10.1. The normalized spacial score (nSPS) is 10.7. The van der Waals surface area contributed by atoms with E-state index in [0.717, 1.165) is 11.3 Å². The lowest BCUT2D eigenvalue weighted by molar-refractivity contribution is 0.0954. The Kier molecular flexibility index (Phi) is 4.10. The van der Waals surface area contributed by atoms with Gasteiger partial charge in [-0.2, -0.15) is 5.10 Å². The monoisotopic (exact) mass is 269 g/mol. The summed E-state index contributed by atoms with van der Waals surface area (Å²) in [6.45, 7) is 3.76. The van der Waals surface area contributed by atoms with E-state index in [1.54, 1.807) is 30.3 Å². The molecule has 0 aliphatic heterocycles. The van der Waals surface area contributed by atoms with E-state index in [2.05, 4.69) is 15.5 Å². The summed E-state index contributed by atoms with van der Waals surface area (Å²) in [6.07, 6.45) is 2.90. The number of carbonyl (C=O) groups excluding carboxylic acids is 1. The minimum absolute atomic E-state index is 0.116. The molecule has 0 radical (unpaired) electrons. The predicted molar refractivity (Wildman–Crippen MR) is 76.9 cm³/mol. The summed E-state index contributed by atoms with van der Waals surface area (Å²) >= 11 is 0. The van der Waals surface area contributed by atoms with Gasteiger partial charge in [-0.15, -0.1) is 0 Å². The average Bonchev–Trinajstić information content (AvgIpc) is 2.43. The van der Waals surface area contributed by atoms with Crippen molar-refractivity contribution in [1.29, 1.82) is 0 Å². The maximum Gasteiger partial charge on any atom is 0.272 e. The molecule has 0 atom stereocenters. The summed E-state index contributed by atoms with van der Waals surface area (Å²) in [5.41, 5.74) is 5.21. The number of rotatable bonds is 3. The number of aromatic nitrogens is 1. The molecule has 102 valence electrons. The van der Waals surface area contributed by atoms with Crippen molar-refractivity contribution >= 4 is 12.1 Å². The second kappa shape index (κ2) is 5.97. The van der Waals surface area contributed by atoms with Crippen molar-refractivity contribution in [2.24, 2.45) is 5.10 Å². The molecule has 0 saturated heterocycles. The van der Waals surface area contributed by atoms with Crippen LogP contribution >= 0.6 is 0 Å². The molecular formula is C15H15N3O2. The van der Waals surface area contributed by atoms with Crippen molar-refractivity contribution in [3.63, 3.8) is 0 Å². The summed E-state index contributed by atoms with van der Waals surface area (Å²) < 4.78 is 0. The standard InChI is InChI=1S/C15H15N3O2/c1-10-3-6-14(19)13(7-10)9-17-18-15(20)12-5-4-11(2)16-8-12/h3-9,19H,1-2H3,(H,18,20)/b17-9+. The molecule has 5 heteroatoms. The highest BCUT2D eigenvalue weighted by molar-refractivity contribution is 5.94. The number of amides is 1. The van der Waals surface area contributed by atoms with Crippen LogP contribution < -0.4 is 5.43 Å². The third-order valence-electron chi connectivity index (χ3n) is 2.73. The minimum Gasteiger partial charge on any atom is -0.507 e. The number of carbonyl (C=O) groups is 1. The quantitative estimate of drug-likeness (QED) is 0.662. The molecule has 2 rings (SSSR count). The van der Waals surface area contributed by atoms with E-state index >= 15 is 0 Å². The lowest BCUT2D eigenvalue weighted by Crippen LogP contribution is -2.17. The van der Waals surface area contributed by atoms with Gasteiger partial charge in [0.05, 0.1) is 11.8 Å². The van der Waals surface area contributed by atoms with E-state index in [-0.39, 0.29) is 11.7 Å². The fraction of sp³-hybridized carbons (Fsp3) is 0.133. The van der Waals surface area contributed by atoms with Crippen LogP contribution in [0.2, 0.25) is 0 Å². The van der Waals surface area contributed by atoms with Crippen LogP contribution in [-0.4, -0.2) is 22.2 Å². The molecule has 1 aromatic heterocycles. The molecule has 0 spiro atoms.